The number of hydrogen-bond acceptors (Lipinski definition) is 5. The van der Waals surface area contributed by atoms with Crippen LogP contribution in [0.1, 0.15) is 13.8 Å². The summed E-state index contributed by atoms with van der Waals surface area (Å²) in [5.41, 5.74) is 0. The average Bonchev–Trinajstić information content (AvgIpc) is 2.37. The molecule has 0 unspecified atom stereocenters. The molecule has 0 aromatic heterocycles. The third kappa shape index (κ3) is 12.4. The highest BCUT2D eigenvalue weighted by atomic mass is 16.6. The van der Waals surface area contributed by atoms with Crippen LogP contribution in [0.2, 0.25) is 0 Å². The van der Waals surface area contributed by atoms with Gasteiger partial charge in [-0.1, -0.05) is 0 Å². The van der Waals surface area contributed by atoms with Gasteiger partial charge in [-0.25, -0.2) is 4.79 Å². The van der Waals surface area contributed by atoms with Crippen molar-refractivity contribution in [2.45, 2.75) is 13.8 Å². The summed E-state index contributed by atoms with van der Waals surface area (Å²) in [7, 11) is 0. The Hall–Kier alpha value is -1.83. The van der Waals surface area contributed by atoms with Gasteiger partial charge in [0.05, 0.1) is 13.2 Å². The zero-order chi connectivity index (χ0) is 14.5. The highest BCUT2D eigenvalue weighted by Gasteiger charge is 2.05. The lowest BCUT2D eigenvalue weighted by molar-refractivity contribution is -0.121. The van der Waals surface area contributed by atoms with Crippen LogP contribution < -0.4 is 16.0 Å². The zero-order valence-electron chi connectivity index (χ0n) is 11.3. The summed E-state index contributed by atoms with van der Waals surface area (Å²) in [6, 6.07) is 0. The molecule has 8 nitrogen and oxygen atoms in total. The molecule has 19 heavy (non-hydrogen) atoms. The third-order valence-electron chi connectivity index (χ3n) is 1.88. The molecule has 3 N–H and O–H groups in total. The summed E-state index contributed by atoms with van der Waals surface area (Å²) < 4.78 is 9.72. The maximum atomic E-state index is 11.2. The second kappa shape index (κ2) is 11.3. The van der Waals surface area contributed by atoms with Gasteiger partial charge in [0, 0.05) is 26.6 Å². The SMILES string of the molecule is CCOCCOC(=O)NCC(=O)NCCNC(C)=O. The van der Waals surface area contributed by atoms with Crippen LogP contribution in [0, 0.1) is 0 Å². The van der Waals surface area contributed by atoms with E-state index in [1.54, 1.807) is 0 Å². The van der Waals surface area contributed by atoms with Crippen molar-refractivity contribution >= 4 is 17.9 Å². The topological polar surface area (TPSA) is 106 Å². The molecule has 0 saturated heterocycles. The molecular weight excluding hydrogens is 254 g/mol. The maximum Gasteiger partial charge on any atom is 0.407 e. The van der Waals surface area contributed by atoms with Gasteiger partial charge in [-0.2, -0.15) is 0 Å². The summed E-state index contributed by atoms with van der Waals surface area (Å²) in [6.45, 7) is 4.73. The summed E-state index contributed by atoms with van der Waals surface area (Å²) in [5, 5.41) is 7.34. The van der Waals surface area contributed by atoms with Gasteiger partial charge in [-0.15, -0.1) is 0 Å². The molecule has 3 amide bonds. The van der Waals surface area contributed by atoms with E-state index in [0.29, 0.717) is 26.3 Å². The molecule has 0 aliphatic rings. The van der Waals surface area contributed by atoms with Crippen molar-refractivity contribution in [2.75, 3.05) is 39.5 Å². The lowest BCUT2D eigenvalue weighted by atomic mass is 10.5. The molecule has 0 spiro atoms. The summed E-state index contributed by atoms with van der Waals surface area (Å²) in [5.74, 6) is -0.516. The molecule has 0 aromatic carbocycles. The number of alkyl carbamates (subject to hydrolysis) is 1. The molecule has 0 atom stereocenters. The van der Waals surface area contributed by atoms with E-state index < -0.39 is 6.09 Å². The number of carbonyl (C=O) groups excluding carboxylic acids is 3. The van der Waals surface area contributed by atoms with Crippen LogP contribution in [0.25, 0.3) is 0 Å². The van der Waals surface area contributed by atoms with E-state index in [0.717, 1.165) is 0 Å². The highest BCUT2D eigenvalue weighted by Crippen LogP contribution is 1.80. The molecule has 0 aliphatic carbocycles. The van der Waals surface area contributed by atoms with Gasteiger partial charge < -0.3 is 25.4 Å². The first kappa shape index (κ1) is 17.2. The first-order valence-corrected chi connectivity index (χ1v) is 6.05. The summed E-state index contributed by atoms with van der Waals surface area (Å²) in [4.78, 5) is 32.9. The Kier molecular flexibility index (Phi) is 10.2. The van der Waals surface area contributed by atoms with Crippen LogP contribution >= 0.6 is 0 Å². The van der Waals surface area contributed by atoms with Gasteiger partial charge in [0.25, 0.3) is 0 Å². The van der Waals surface area contributed by atoms with Crippen LogP contribution in [-0.4, -0.2) is 57.4 Å². The summed E-state index contributed by atoms with van der Waals surface area (Å²) in [6.07, 6.45) is -0.670. The van der Waals surface area contributed by atoms with Gasteiger partial charge in [-0.05, 0) is 6.92 Å². The molecule has 0 aromatic rings. The van der Waals surface area contributed by atoms with Crippen molar-refractivity contribution in [3.05, 3.63) is 0 Å². The standard InChI is InChI=1S/C11H21N3O5/c1-3-18-6-7-19-11(17)14-8-10(16)13-5-4-12-9(2)15/h3-8H2,1-2H3,(H,12,15)(H,13,16)(H,14,17). The van der Waals surface area contributed by atoms with Gasteiger partial charge >= 0.3 is 6.09 Å². The van der Waals surface area contributed by atoms with E-state index in [-0.39, 0.29) is 25.0 Å². The predicted octanol–water partition coefficient (Wildman–Crippen LogP) is -0.999. The van der Waals surface area contributed by atoms with E-state index >= 15 is 0 Å². The predicted molar refractivity (Wildman–Crippen MR) is 67.5 cm³/mol. The molecule has 110 valence electrons. The zero-order valence-corrected chi connectivity index (χ0v) is 11.3. The molecule has 0 rings (SSSR count). The molecular formula is C11H21N3O5. The fourth-order valence-corrected chi connectivity index (χ4v) is 1.04. The van der Waals surface area contributed by atoms with Crippen LogP contribution in [0.5, 0.6) is 0 Å². The number of amides is 3. The molecule has 0 aliphatic heterocycles. The lowest BCUT2D eigenvalue weighted by Crippen LogP contribution is -2.40. The minimum Gasteiger partial charge on any atom is -0.447 e. The first-order chi connectivity index (χ1) is 9.06. The number of nitrogens with one attached hydrogen (secondary N) is 3. The highest BCUT2D eigenvalue weighted by molar-refractivity contribution is 5.82. The quantitative estimate of drug-likeness (QED) is 0.468. The minimum atomic E-state index is -0.670. The van der Waals surface area contributed by atoms with Crippen LogP contribution in [0.3, 0.4) is 0 Å². The average molecular weight is 275 g/mol. The number of hydrogen-bond donors (Lipinski definition) is 3. The normalized spacial score (nSPS) is 9.58. The van der Waals surface area contributed by atoms with Gasteiger partial charge in [0.15, 0.2) is 0 Å². The molecule has 0 fully saturated rings. The largest absolute Gasteiger partial charge is 0.447 e. The smallest absolute Gasteiger partial charge is 0.407 e. The Morgan fingerprint density at radius 2 is 1.68 bits per heavy atom. The van der Waals surface area contributed by atoms with E-state index in [1.807, 2.05) is 6.92 Å². The van der Waals surface area contributed by atoms with E-state index in [1.165, 1.54) is 6.92 Å². The van der Waals surface area contributed by atoms with E-state index in [9.17, 15) is 14.4 Å². The summed E-state index contributed by atoms with van der Waals surface area (Å²) >= 11 is 0. The Morgan fingerprint density at radius 3 is 2.32 bits per heavy atom. The maximum absolute atomic E-state index is 11.2. The Labute approximate surface area is 112 Å². The van der Waals surface area contributed by atoms with E-state index in [2.05, 4.69) is 16.0 Å². The lowest BCUT2D eigenvalue weighted by Gasteiger charge is -2.08. The second-order valence-corrected chi connectivity index (χ2v) is 3.52. The number of carbonyl (C=O) groups is 3. The van der Waals surface area contributed by atoms with Gasteiger partial charge in [0.2, 0.25) is 11.8 Å². The Morgan fingerprint density at radius 1 is 1.00 bits per heavy atom. The van der Waals surface area contributed by atoms with Gasteiger partial charge in [0.1, 0.15) is 6.61 Å². The molecule has 0 radical (unpaired) electrons. The monoisotopic (exact) mass is 275 g/mol. The van der Waals surface area contributed by atoms with Crippen molar-refractivity contribution in [2.24, 2.45) is 0 Å². The molecule has 0 bridgehead atoms. The number of rotatable bonds is 9. The van der Waals surface area contributed by atoms with Crippen LogP contribution in [-0.2, 0) is 19.1 Å². The molecule has 0 saturated carbocycles. The third-order valence-corrected chi connectivity index (χ3v) is 1.88. The van der Waals surface area contributed by atoms with Crippen molar-refractivity contribution in [3.8, 4) is 0 Å². The van der Waals surface area contributed by atoms with Crippen molar-refractivity contribution in [3.63, 3.8) is 0 Å². The van der Waals surface area contributed by atoms with Crippen LogP contribution in [0.15, 0.2) is 0 Å². The van der Waals surface area contributed by atoms with Gasteiger partial charge in [-0.3, -0.25) is 9.59 Å². The fraction of sp³-hybridized carbons (Fsp3) is 0.727. The first-order valence-electron chi connectivity index (χ1n) is 6.05. The number of ether oxygens (including phenoxy) is 2. The minimum absolute atomic E-state index is 0.143. The fourth-order valence-electron chi connectivity index (χ4n) is 1.04. The van der Waals surface area contributed by atoms with Crippen molar-refractivity contribution in [1.29, 1.82) is 0 Å². The Balaban J connectivity index is 3.45. The second-order valence-electron chi connectivity index (χ2n) is 3.52. The molecule has 8 heteroatoms. The van der Waals surface area contributed by atoms with Crippen molar-refractivity contribution in [1.82, 2.24) is 16.0 Å². The Bertz CT molecular complexity index is 296. The van der Waals surface area contributed by atoms with Crippen LogP contribution in [0.4, 0.5) is 4.79 Å². The van der Waals surface area contributed by atoms with Crippen molar-refractivity contribution < 1.29 is 23.9 Å². The molecule has 0 heterocycles. The van der Waals surface area contributed by atoms with E-state index in [4.69, 9.17) is 9.47 Å².